The lowest BCUT2D eigenvalue weighted by Crippen LogP contribution is -2.46. The molecule has 9 nitrogen and oxygen atoms in total. The first-order chi connectivity index (χ1) is 17.1. The maximum atomic E-state index is 13.1. The minimum Gasteiger partial charge on any atom is -0.487 e. The van der Waals surface area contributed by atoms with Crippen LogP contribution >= 0.6 is 0 Å². The van der Waals surface area contributed by atoms with Gasteiger partial charge >= 0.3 is 5.97 Å². The summed E-state index contributed by atoms with van der Waals surface area (Å²) >= 11 is 0. The topological polar surface area (TPSA) is 113 Å². The van der Waals surface area contributed by atoms with Crippen LogP contribution < -0.4 is 4.74 Å². The summed E-state index contributed by atoms with van der Waals surface area (Å²) in [6.45, 7) is 9.20. The lowest BCUT2D eigenvalue weighted by Gasteiger charge is -2.32. The second-order valence-corrected chi connectivity index (χ2v) is 10.4. The third kappa shape index (κ3) is 6.31. The Morgan fingerprint density at radius 2 is 1.78 bits per heavy atom. The molecule has 0 spiro atoms. The van der Waals surface area contributed by atoms with E-state index in [1.807, 2.05) is 32.0 Å². The molecule has 1 N–H and O–H groups in total. The van der Waals surface area contributed by atoms with Crippen molar-refractivity contribution in [3.63, 3.8) is 0 Å². The number of carbonyl (C=O) groups is 1. The molecule has 1 aromatic heterocycles. The Labute approximate surface area is 212 Å². The predicted octanol–water partition coefficient (Wildman–Crippen LogP) is 4.57. The van der Waals surface area contributed by atoms with Gasteiger partial charge in [-0.2, -0.15) is 17.0 Å². The van der Waals surface area contributed by atoms with Gasteiger partial charge in [0.2, 0.25) is 5.89 Å². The molecule has 0 amide bonds. The first-order valence-electron chi connectivity index (χ1n) is 11.8. The van der Waals surface area contributed by atoms with Gasteiger partial charge in [-0.3, -0.25) is 4.79 Å². The number of carboxylic acids is 1. The summed E-state index contributed by atoms with van der Waals surface area (Å²) < 4.78 is 39.9. The zero-order valence-corrected chi connectivity index (χ0v) is 22.1. The van der Waals surface area contributed by atoms with Crippen molar-refractivity contribution in [1.82, 2.24) is 13.6 Å². The largest absolute Gasteiger partial charge is 0.487 e. The van der Waals surface area contributed by atoms with Crippen LogP contribution in [0.5, 0.6) is 5.75 Å². The minimum atomic E-state index is -3.95. The molecule has 0 saturated heterocycles. The SMILES string of the molecule is CCN(CC)S(=O)(=O)N(CC(=O)O)C(C)c1ccc(OCc2coc(-c3cc(C)ccc3C)n2)cc1. The van der Waals surface area contributed by atoms with Crippen molar-refractivity contribution in [3.05, 3.63) is 71.1 Å². The highest BCUT2D eigenvalue weighted by Crippen LogP contribution is 2.28. The standard InChI is InChI=1S/C26H33N3O6S/c1-6-28(7-2)36(32,33)29(15-25(30)31)20(5)21-10-12-23(13-11-21)34-16-22-17-35-26(27-22)24-14-18(3)8-9-19(24)4/h8-14,17,20H,6-7,15-16H2,1-5H3,(H,30,31). The molecule has 0 aliphatic rings. The summed E-state index contributed by atoms with van der Waals surface area (Å²) in [5.74, 6) is -0.115. The lowest BCUT2D eigenvalue weighted by molar-refractivity contribution is -0.137. The highest BCUT2D eigenvalue weighted by atomic mass is 32.2. The van der Waals surface area contributed by atoms with E-state index in [0.29, 0.717) is 22.9 Å². The summed E-state index contributed by atoms with van der Waals surface area (Å²) in [6.07, 6.45) is 1.56. The van der Waals surface area contributed by atoms with Crippen LogP contribution in [0.1, 0.15) is 49.2 Å². The smallest absolute Gasteiger partial charge is 0.318 e. The van der Waals surface area contributed by atoms with Crippen molar-refractivity contribution >= 4 is 16.2 Å². The number of aryl methyl sites for hydroxylation is 2. The fourth-order valence-electron chi connectivity index (χ4n) is 3.88. The molecule has 0 radical (unpaired) electrons. The number of aromatic nitrogens is 1. The van der Waals surface area contributed by atoms with Gasteiger partial charge in [0.1, 0.15) is 30.9 Å². The molecule has 1 atom stereocenters. The Bertz CT molecular complexity index is 1280. The number of benzene rings is 2. The quantitative estimate of drug-likeness (QED) is 0.376. The van der Waals surface area contributed by atoms with E-state index in [9.17, 15) is 18.3 Å². The van der Waals surface area contributed by atoms with Gasteiger partial charge in [0.05, 0.1) is 0 Å². The third-order valence-corrected chi connectivity index (χ3v) is 8.18. The predicted molar refractivity (Wildman–Crippen MR) is 137 cm³/mol. The number of hydrogen-bond acceptors (Lipinski definition) is 6. The first-order valence-corrected chi connectivity index (χ1v) is 13.2. The molecular weight excluding hydrogens is 482 g/mol. The summed E-state index contributed by atoms with van der Waals surface area (Å²) in [6, 6.07) is 12.3. The second kappa shape index (κ2) is 11.7. The molecule has 2 aromatic carbocycles. The van der Waals surface area contributed by atoms with Gasteiger partial charge in [-0.15, -0.1) is 0 Å². The first kappa shape index (κ1) is 27.4. The number of rotatable bonds is 12. The molecule has 36 heavy (non-hydrogen) atoms. The van der Waals surface area contributed by atoms with Gasteiger partial charge in [-0.05, 0) is 50.1 Å². The van der Waals surface area contributed by atoms with Crippen LogP contribution in [0.2, 0.25) is 0 Å². The minimum absolute atomic E-state index is 0.199. The number of carboxylic acid groups (broad SMARTS) is 1. The van der Waals surface area contributed by atoms with Crippen molar-refractivity contribution in [3.8, 4) is 17.2 Å². The van der Waals surface area contributed by atoms with E-state index in [0.717, 1.165) is 21.0 Å². The molecule has 0 fully saturated rings. The molecule has 0 aliphatic heterocycles. The Balaban J connectivity index is 1.71. The Morgan fingerprint density at radius 1 is 1.11 bits per heavy atom. The normalized spacial score (nSPS) is 12.8. The Hall–Kier alpha value is -3.21. The molecule has 3 rings (SSSR count). The van der Waals surface area contributed by atoms with Crippen LogP contribution in [0.4, 0.5) is 0 Å². The van der Waals surface area contributed by atoms with Gasteiger partial charge in [0.15, 0.2) is 0 Å². The fourth-order valence-corrected chi connectivity index (χ4v) is 5.62. The number of nitrogens with zero attached hydrogens (tertiary/aromatic N) is 3. The fraction of sp³-hybridized carbons (Fsp3) is 0.385. The maximum absolute atomic E-state index is 13.1. The maximum Gasteiger partial charge on any atom is 0.318 e. The molecule has 1 unspecified atom stereocenters. The molecule has 0 bridgehead atoms. The monoisotopic (exact) mass is 515 g/mol. The zero-order chi connectivity index (χ0) is 26.5. The molecular formula is C26H33N3O6S. The van der Waals surface area contributed by atoms with Crippen molar-refractivity contribution < 1.29 is 27.5 Å². The third-order valence-electron chi connectivity index (χ3n) is 5.98. The number of ether oxygens (including phenoxy) is 1. The van der Waals surface area contributed by atoms with Crippen LogP contribution in [-0.4, -0.2) is 52.7 Å². The van der Waals surface area contributed by atoms with E-state index in [4.69, 9.17) is 9.15 Å². The van der Waals surface area contributed by atoms with Gasteiger partial charge in [-0.1, -0.05) is 43.7 Å². The Morgan fingerprint density at radius 3 is 2.39 bits per heavy atom. The van der Waals surface area contributed by atoms with Gasteiger partial charge in [0, 0.05) is 24.7 Å². The van der Waals surface area contributed by atoms with Crippen LogP contribution in [0, 0.1) is 13.8 Å². The second-order valence-electron chi connectivity index (χ2n) is 8.53. The van der Waals surface area contributed by atoms with Gasteiger partial charge < -0.3 is 14.3 Å². The zero-order valence-electron chi connectivity index (χ0n) is 21.3. The molecule has 10 heteroatoms. The molecule has 0 saturated carbocycles. The molecule has 3 aromatic rings. The van der Waals surface area contributed by atoms with Crippen molar-refractivity contribution in [1.29, 1.82) is 0 Å². The molecule has 0 aliphatic carbocycles. The highest BCUT2D eigenvalue weighted by Gasteiger charge is 2.34. The summed E-state index contributed by atoms with van der Waals surface area (Å²) in [5.41, 5.74) is 4.41. The van der Waals surface area contributed by atoms with Crippen LogP contribution in [0.15, 0.2) is 53.1 Å². The van der Waals surface area contributed by atoms with Crippen molar-refractivity contribution in [2.75, 3.05) is 19.6 Å². The lowest BCUT2D eigenvalue weighted by atomic mass is 10.1. The number of hydrogen-bond donors (Lipinski definition) is 1. The average molecular weight is 516 g/mol. The van der Waals surface area contributed by atoms with Gasteiger partial charge in [-0.25, -0.2) is 4.98 Å². The van der Waals surface area contributed by atoms with Crippen LogP contribution in [0.25, 0.3) is 11.5 Å². The molecule has 1 heterocycles. The summed E-state index contributed by atoms with van der Waals surface area (Å²) in [5, 5.41) is 9.34. The van der Waals surface area contributed by atoms with Crippen LogP contribution in [0.3, 0.4) is 0 Å². The van der Waals surface area contributed by atoms with E-state index in [2.05, 4.69) is 4.98 Å². The highest BCUT2D eigenvalue weighted by molar-refractivity contribution is 7.86. The number of aliphatic carboxylic acids is 1. The van der Waals surface area contributed by atoms with E-state index >= 15 is 0 Å². The van der Waals surface area contributed by atoms with Crippen LogP contribution in [-0.2, 0) is 21.6 Å². The average Bonchev–Trinajstić information content (AvgIpc) is 3.32. The van der Waals surface area contributed by atoms with E-state index in [1.54, 1.807) is 51.3 Å². The van der Waals surface area contributed by atoms with Crippen molar-refractivity contribution in [2.24, 2.45) is 0 Å². The van der Waals surface area contributed by atoms with Gasteiger partial charge in [0.25, 0.3) is 10.2 Å². The number of oxazole rings is 1. The van der Waals surface area contributed by atoms with E-state index < -0.39 is 28.8 Å². The summed E-state index contributed by atoms with van der Waals surface area (Å²) in [7, 11) is -3.95. The van der Waals surface area contributed by atoms with Crippen molar-refractivity contribution in [2.45, 2.75) is 47.3 Å². The van der Waals surface area contributed by atoms with E-state index in [1.165, 1.54) is 4.31 Å². The molecule has 194 valence electrons. The summed E-state index contributed by atoms with van der Waals surface area (Å²) in [4.78, 5) is 16.0. The van der Waals surface area contributed by atoms with E-state index in [-0.39, 0.29) is 19.7 Å². The Kier molecular flexibility index (Phi) is 8.89.